The summed E-state index contributed by atoms with van der Waals surface area (Å²) in [5.74, 6) is 0. The molecule has 0 heterocycles. The van der Waals surface area contributed by atoms with E-state index in [0.29, 0.717) is 0 Å². The second-order valence-corrected chi connectivity index (χ2v) is 24.9. The van der Waals surface area contributed by atoms with Gasteiger partial charge in [-0.2, -0.15) is 0 Å². The predicted octanol–water partition coefficient (Wildman–Crippen LogP) is 24.8. The first-order chi connectivity index (χ1) is 45.1. The van der Waals surface area contributed by atoms with Gasteiger partial charge in [-0.1, -0.05) is 322 Å². The van der Waals surface area contributed by atoms with Gasteiger partial charge < -0.3 is 0 Å². The Balaban J connectivity index is 0.000000149. The molecule has 0 heteroatoms. The first-order valence-corrected chi connectivity index (χ1v) is 31.8. The van der Waals surface area contributed by atoms with Crippen LogP contribution in [0.15, 0.2) is 340 Å². The molecule has 0 aliphatic heterocycles. The summed E-state index contributed by atoms with van der Waals surface area (Å²) in [6, 6.07) is 126. The molecule has 0 saturated carbocycles. The summed E-state index contributed by atoms with van der Waals surface area (Å²) in [6.45, 7) is 0. The lowest BCUT2D eigenvalue weighted by Gasteiger charge is -2.34. The van der Waals surface area contributed by atoms with Crippen molar-refractivity contribution in [3.63, 3.8) is 0 Å². The Bertz CT molecular complexity index is 5840. The van der Waals surface area contributed by atoms with Gasteiger partial charge in [0.05, 0.1) is 5.41 Å². The lowest BCUT2D eigenvalue weighted by atomic mass is 9.67. The van der Waals surface area contributed by atoms with E-state index in [-0.39, 0.29) is 0 Å². The molecule has 0 radical (unpaired) electrons. The van der Waals surface area contributed by atoms with Crippen molar-refractivity contribution in [3.8, 4) is 55.6 Å². The van der Waals surface area contributed by atoms with Crippen LogP contribution in [0.25, 0.3) is 163 Å². The molecular formula is C91H56. The van der Waals surface area contributed by atoms with Crippen molar-refractivity contribution in [2.45, 2.75) is 5.41 Å². The van der Waals surface area contributed by atoms with Crippen LogP contribution >= 0.6 is 0 Å². The Kier molecular flexibility index (Phi) is 11.4. The van der Waals surface area contributed by atoms with Gasteiger partial charge in [0, 0.05) is 0 Å². The van der Waals surface area contributed by atoms with E-state index in [1.165, 1.54) is 186 Å². The summed E-state index contributed by atoms with van der Waals surface area (Å²) in [4.78, 5) is 0. The van der Waals surface area contributed by atoms with E-state index in [1.807, 2.05) is 0 Å². The first kappa shape index (κ1) is 51.4. The highest BCUT2D eigenvalue weighted by molar-refractivity contribution is 6.28. The largest absolute Gasteiger partial charge is 0.0713 e. The number of fused-ring (bicyclic) bond motifs is 9. The average Bonchev–Trinajstić information content (AvgIpc) is 1.63. The van der Waals surface area contributed by atoms with E-state index in [4.69, 9.17) is 0 Å². The summed E-state index contributed by atoms with van der Waals surface area (Å²) in [5.41, 5.74) is 17.4. The molecule has 0 bridgehead atoms. The smallest absolute Gasteiger partial charge is 0.0622 e. The fraction of sp³-hybridized carbons (Fsp3) is 0.0110. The summed E-state index contributed by atoms with van der Waals surface area (Å²) in [6.07, 6.45) is 0. The lowest BCUT2D eigenvalue weighted by Crippen LogP contribution is -2.28. The van der Waals surface area contributed by atoms with Crippen LogP contribution in [0.5, 0.6) is 0 Å². The van der Waals surface area contributed by atoms with E-state index in [0.717, 1.165) is 0 Å². The Morgan fingerprint density at radius 2 is 0.505 bits per heavy atom. The molecule has 0 amide bonds. The van der Waals surface area contributed by atoms with Crippen LogP contribution in [0.4, 0.5) is 0 Å². The minimum absolute atomic E-state index is 0.477. The van der Waals surface area contributed by atoms with Crippen molar-refractivity contribution in [2.75, 3.05) is 0 Å². The van der Waals surface area contributed by atoms with Gasteiger partial charge in [-0.15, -0.1) is 0 Å². The van der Waals surface area contributed by atoms with E-state index in [2.05, 4.69) is 340 Å². The second kappa shape index (κ2) is 20.2. The van der Waals surface area contributed by atoms with Gasteiger partial charge in [-0.25, -0.2) is 0 Å². The zero-order chi connectivity index (χ0) is 59.7. The third kappa shape index (κ3) is 7.76. The summed E-state index contributed by atoms with van der Waals surface area (Å²) >= 11 is 0. The Morgan fingerprint density at radius 1 is 0.154 bits per heavy atom. The van der Waals surface area contributed by atoms with Gasteiger partial charge in [-0.3, -0.25) is 0 Å². The Hall–Kier alpha value is -11.7. The van der Waals surface area contributed by atoms with Gasteiger partial charge in [0.15, 0.2) is 0 Å². The van der Waals surface area contributed by atoms with Gasteiger partial charge in [0.2, 0.25) is 0 Å². The summed E-state index contributed by atoms with van der Waals surface area (Å²) in [7, 11) is 0. The molecule has 0 spiro atoms. The quantitative estimate of drug-likeness (QED) is 0.146. The van der Waals surface area contributed by atoms with Crippen LogP contribution in [0.3, 0.4) is 0 Å². The highest BCUT2D eigenvalue weighted by atomic mass is 14.5. The Morgan fingerprint density at radius 3 is 1.01 bits per heavy atom. The molecule has 19 aromatic carbocycles. The highest BCUT2D eigenvalue weighted by Gasteiger charge is 2.46. The summed E-state index contributed by atoms with van der Waals surface area (Å²) in [5, 5.41) is 26.1. The SMILES string of the molecule is c1ccc(-c2cc3c4ccccc4c(-c4ccc5ccccc5c4)cc3c3ccccc23)cc1.c1ccc2c(c1)-c1ccccc1C2(c1ccc(-c2ccc3ccc4cccc5ccc2c3c45)cc1)c1ccc(-c2ccc3ccc4cccc5ccc2c3c45)cc1. The van der Waals surface area contributed by atoms with Crippen molar-refractivity contribution in [3.05, 3.63) is 362 Å². The van der Waals surface area contributed by atoms with Crippen molar-refractivity contribution >= 4 is 108 Å². The van der Waals surface area contributed by atoms with Gasteiger partial charge in [0.25, 0.3) is 0 Å². The molecule has 0 aromatic heterocycles. The fourth-order valence-electron chi connectivity index (χ4n) is 16.2. The van der Waals surface area contributed by atoms with Gasteiger partial charge >= 0.3 is 0 Å². The van der Waals surface area contributed by atoms with Crippen molar-refractivity contribution in [1.29, 1.82) is 0 Å². The van der Waals surface area contributed by atoms with E-state index in [9.17, 15) is 0 Å². The zero-order valence-corrected chi connectivity index (χ0v) is 49.8. The van der Waals surface area contributed by atoms with Gasteiger partial charge in [0.1, 0.15) is 0 Å². The number of rotatable bonds is 6. The number of benzene rings is 19. The maximum absolute atomic E-state index is 2.40. The molecule has 1 aliphatic rings. The topological polar surface area (TPSA) is 0 Å². The number of hydrogen-bond acceptors (Lipinski definition) is 0. The maximum atomic E-state index is 2.40. The van der Waals surface area contributed by atoms with Crippen LogP contribution in [0.2, 0.25) is 0 Å². The molecule has 91 heavy (non-hydrogen) atoms. The molecule has 0 atom stereocenters. The lowest BCUT2D eigenvalue weighted by molar-refractivity contribution is 0.769. The molecular weight excluding hydrogens is 1090 g/mol. The third-order valence-electron chi connectivity index (χ3n) is 20.3. The third-order valence-corrected chi connectivity index (χ3v) is 20.3. The fourth-order valence-corrected chi connectivity index (χ4v) is 16.2. The van der Waals surface area contributed by atoms with E-state index < -0.39 is 5.41 Å². The van der Waals surface area contributed by atoms with Crippen LogP contribution in [-0.4, -0.2) is 0 Å². The monoisotopic (exact) mass is 1150 g/mol. The second-order valence-electron chi connectivity index (χ2n) is 24.9. The molecule has 1 aliphatic carbocycles. The van der Waals surface area contributed by atoms with E-state index in [1.54, 1.807) is 0 Å². The van der Waals surface area contributed by atoms with Crippen LogP contribution in [-0.2, 0) is 5.41 Å². The standard InChI is InChI=1S/C57H34.C34H22/c1-3-13-51-47(11-1)48-12-2-4-14-52(48)57(51,43-27-19-35(20-28-43)45-31-23-41-17-15-37-7-5-9-39-25-33-49(45)55(41)53(37)39)44-29-21-36(22-30-44)46-32-24-42-18-16-38-8-6-10-40-26-34-50(46)56(42)54(38)40;1-2-11-24(12-3-1)31-21-33-30-17-9-7-15-28(30)32(22-34(33)29-16-8-6-14-27(29)31)26-19-18-23-10-4-5-13-25(23)20-26/h1-34H;1-22H. The maximum Gasteiger partial charge on any atom is 0.0713 e. The van der Waals surface area contributed by atoms with Crippen LogP contribution in [0.1, 0.15) is 22.3 Å². The predicted molar refractivity (Wildman–Crippen MR) is 389 cm³/mol. The Labute approximate surface area is 527 Å². The average molecular weight is 1150 g/mol. The van der Waals surface area contributed by atoms with Gasteiger partial charge in [-0.05, 0) is 204 Å². The van der Waals surface area contributed by atoms with Crippen molar-refractivity contribution in [1.82, 2.24) is 0 Å². The molecule has 0 N–H and O–H groups in total. The molecule has 0 unspecified atom stereocenters. The number of hydrogen-bond donors (Lipinski definition) is 0. The molecule has 0 fully saturated rings. The molecule has 420 valence electrons. The van der Waals surface area contributed by atoms with E-state index >= 15 is 0 Å². The molecule has 20 rings (SSSR count). The minimum atomic E-state index is -0.477. The molecule has 0 nitrogen and oxygen atoms in total. The minimum Gasteiger partial charge on any atom is -0.0622 e. The zero-order valence-electron chi connectivity index (χ0n) is 49.8. The first-order valence-electron chi connectivity index (χ1n) is 31.8. The summed E-state index contributed by atoms with van der Waals surface area (Å²) < 4.78 is 0. The van der Waals surface area contributed by atoms with Crippen LogP contribution in [0, 0.1) is 0 Å². The van der Waals surface area contributed by atoms with Crippen molar-refractivity contribution < 1.29 is 0 Å². The normalized spacial score (nSPS) is 12.7. The molecule has 19 aromatic rings. The molecule has 0 saturated heterocycles. The van der Waals surface area contributed by atoms with Crippen molar-refractivity contribution in [2.24, 2.45) is 0 Å². The highest BCUT2D eigenvalue weighted by Crippen LogP contribution is 2.57. The van der Waals surface area contributed by atoms with Crippen LogP contribution < -0.4 is 0 Å².